The highest BCUT2D eigenvalue weighted by atomic mass is 32.2. The molecule has 1 N–H and O–H groups in total. The van der Waals surface area contributed by atoms with Crippen LogP contribution in [0.25, 0.3) is 0 Å². The van der Waals surface area contributed by atoms with Gasteiger partial charge in [-0.2, -0.15) is 0 Å². The SMILES string of the molecule is Cc1ccccc1OCCNS(=O)(=O)c1ccc2c(c1)OCO2. The van der Waals surface area contributed by atoms with Crippen LogP contribution in [0.5, 0.6) is 17.2 Å². The fourth-order valence-corrected chi connectivity index (χ4v) is 3.21. The van der Waals surface area contributed by atoms with E-state index in [1.165, 1.54) is 12.1 Å². The fraction of sp³-hybridized carbons (Fsp3) is 0.250. The maximum absolute atomic E-state index is 12.2. The van der Waals surface area contributed by atoms with E-state index in [-0.39, 0.29) is 24.8 Å². The summed E-state index contributed by atoms with van der Waals surface area (Å²) in [5.41, 5.74) is 1.01. The number of aryl methyl sites for hydroxylation is 1. The van der Waals surface area contributed by atoms with Crippen LogP contribution in [0.1, 0.15) is 5.56 Å². The van der Waals surface area contributed by atoms with Crippen molar-refractivity contribution in [1.82, 2.24) is 4.72 Å². The van der Waals surface area contributed by atoms with Gasteiger partial charge in [-0.1, -0.05) is 18.2 Å². The largest absolute Gasteiger partial charge is 0.492 e. The molecule has 23 heavy (non-hydrogen) atoms. The number of ether oxygens (including phenoxy) is 3. The average molecular weight is 335 g/mol. The first-order valence-corrected chi connectivity index (χ1v) is 8.62. The molecule has 0 fully saturated rings. The molecule has 1 heterocycles. The molecule has 0 aliphatic carbocycles. The molecular weight excluding hydrogens is 318 g/mol. The van der Waals surface area contributed by atoms with Crippen LogP contribution in [0.4, 0.5) is 0 Å². The highest BCUT2D eigenvalue weighted by Gasteiger charge is 2.19. The van der Waals surface area contributed by atoms with Crippen molar-refractivity contribution in [2.24, 2.45) is 0 Å². The number of hydrogen-bond acceptors (Lipinski definition) is 5. The van der Waals surface area contributed by atoms with Crippen molar-refractivity contribution in [3.8, 4) is 17.2 Å². The van der Waals surface area contributed by atoms with Crippen LogP contribution < -0.4 is 18.9 Å². The first-order valence-electron chi connectivity index (χ1n) is 7.14. The molecule has 0 saturated heterocycles. The quantitative estimate of drug-likeness (QED) is 0.818. The zero-order valence-electron chi connectivity index (χ0n) is 12.6. The number of benzene rings is 2. The molecule has 7 heteroatoms. The van der Waals surface area contributed by atoms with Gasteiger partial charge >= 0.3 is 0 Å². The summed E-state index contributed by atoms with van der Waals surface area (Å²) < 4.78 is 42.9. The number of rotatable bonds is 6. The van der Waals surface area contributed by atoms with Gasteiger partial charge in [0.05, 0.1) is 4.90 Å². The Labute approximate surface area is 135 Å². The molecule has 0 spiro atoms. The normalized spacial score (nSPS) is 13.1. The molecular formula is C16H17NO5S. The fourth-order valence-electron chi connectivity index (χ4n) is 2.18. The number of fused-ring (bicyclic) bond motifs is 1. The van der Waals surface area contributed by atoms with E-state index in [0.29, 0.717) is 11.5 Å². The van der Waals surface area contributed by atoms with Gasteiger partial charge in [-0.3, -0.25) is 0 Å². The van der Waals surface area contributed by atoms with Gasteiger partial charge in [0, 0.05) is 12.6 Å². The summed E-state index contributed by atoms with van der Waals surface area (Å²) in [7, 11) is -3.61. The second-order valence-corrected chi connectivity index (χ2v) is 6.79. The van der Waals surface area contributed by atoms with Crippen LogP contribution in [0.2, 0.25) is 0 Å². The summed E-state index contributed by atoms with van der Waals surface area (Å²) >= 11 is 0. The van der Waals surface area contributed by atoms with E-state index in [4.69, 9.17) is 14.2 Å². The van der Waals surface area contributed by atoms with Crippen LogP contribution in [0.15, 0.2) is 47.4 Å². The van der Waals surface area contributed by atoms with Gasteiger partial charge in [-0.05, 0) is 30.7 Å². The van der Waals surface area contributed by atoms with E-state index in [9.17, 15) is 8.42 Å². The smallest absolute Gasteiger partial charge is 0.240 e. The Balaban J connectivity index is 1.58. The van der Waals surface area contributed by atoms with Gasteiger partial charge in [-0.25, -0.2) is 13.1 Å². The second kappa shape index (κ2) is 6.47. The van der Waals surface area contributed by atoms with Gasteiger partial charge < -0.3 is 14.2 Å². The average Bonchev–Trinajstić information content (AvgIpc) is 3.00. The first-order chi connectivity index (χ1) is 11.1. The summed E-state index contributed by atoms with van der Waals surface area (Å²) in [6.07, 6.45) is 0. The zero-order valence-corrected chi connectivity index (χ0v) is 13.4. The third-order valence-electron chi connectivity index (χ3n) is 3.40. The molecule has 0 aromatic heterocycles. The van der Waals surface area contributed by atoms with Gasteiger partial charge in [0.25, 0.3) is 0 Å². The van der Waals surface area contributed by atoms with Gasteiger partial charge in [0.2, 0.25) is 16.8 Å². The number of para-hydroxylation sites is 1. The summed E-state index contributed by atoms with van der Waals surface area (Å²) in [5, 5.41) is 0. The standard InChI is InChI=1S/C16H17NO5S/c1-12-4-2-3-5-14(12)20-9-8-17-23(18,19)13-6-7-15-16(10-13)22-11-21-15/h2-7,10,17H,8-9,11H2,1H3. The highest BCUT2D eigenvalue weighted by Crippen LogP contribution is 2.33. The maximum Gasteiger partial charge on any atom is 0.240 e. The van der Waals surface area contributed by atoms with E-state index >= 15 is 0 Å². The van der Waals surface area contributed by atoms with Gasteiger partial charge in [-0.15, -0.1) is 0 Å². The minimum atomic E-state index is -3.61. The summed E-state index contributed by atoms with van der Waals surface area (Å²) in [4.78, 5) is 0.137. The molecule has 1 aliphatic heterocycles. The topological polar surface area (TPSA) is 73.9 Å². The van der Waals surface area contributed by atoms with Gasteiger partial charge in [0.15, 0.2) is 11.5 Å². The van der Waals surface area contributed by atoms with E-state index in [0.717, 1.165) is 11.3 Å². The molecule has 0 radical (unpaired) electrons. The van der Waals surface area contributed by atoms with E-state index in [2.05, 4.69) is 4.72 Å². The van der Waals surface area contributed by atoms with E-state index < -0.39 is 10.0 Å². The molecule has 2 aromatic carbocycles. The Morgan fingerprint density at radius 2 is 1.91 bits per heavy atom. The molecule has 0 saturated carbocycles. The second-order valence-electron chi connectivity index (χ2n) is 5.03. The maximum atomic E-state index is 12.2. The Morgan fingerprint density at radius 1 is 1.13 bits per heavy atom. The monoisotopic (exact) mass is 335 g/mol. The lowest BCUT2D eigenvalue weighted by Gasteiger charge is -2.10. The first kappa shape index (κ1) is 15.6. The van der Waals surface area contributed by atoms with Crippen LogP contribution in [-0.2, 0) is 10.0 Å². The summed E-state index contributed by atoms with van der Waals surface area (Å²) in [5.74, 6) is 1.73. The van der Waals surface area contributed by atoms with Crippen molar-refractivity contribution in [3.63, 3.8) is 0 Å². The van der Waals surface area contributed by atoms with Crippen molar-refractivity contribution in [2.45, 2.75) is 11.8 Å². The Kier molecular flexibility index (Phi) is 4.40. The Bertz CT molecular complexity index is 804. The summed E-state index contributed by atoms with van der Waals surface area (Å²) in [6.45, 7) is 2.46. The van der Waals surface area contributed by atoms with Crippen molar-refractivity contribution in [3.05, 3.63) is 48.0 Å². The van der Waals surface area contributed by atoms with Crippen molar-refractivity contribution < 1.29 is 22.6 Å². The number of hydrogen-bond donors (Lipinski definition) is 1. The lowest BCUT2D eigenvalue weighted by Crippen LogP contribution is -2.28. The predicted octanol–water partition coefficient (Wildman–Crippen LogP) is 2.08. The molecule has 3 rings (SSSR count). The molecule has 0 atom stereocenters. The Morgan fingerprint density at radius 3 is 2.74 bits per heavy atom. The van der Waals surface area contributed by atoms with Crippen molar-refractivity contribution in [1.29, 1.82) is 0 Å². The van der Waals surface area contributed by atoms with Crippen molar-refractivity contribution in [2.75, 3.05) is 19.9 Å². The Hall–Kier alpha value is -2.25. The predicted molar refractivity (Wildman–Crippen MR) is 84.4 cm³/mol. The highest BCUT2D eigenvalue weighted by molar-refractivity contribution is 7.89. The van der Waals surface area contributed by atoms with Crippen LogP contribution >= 0.6 is 0 Å². The molecule has 1 aliphatic rings. The van der Waals surface area contributed by atoms with E-state index in [1.54, 1.807) is 6.07 Å². The van der Waals surface area contributed by atoms with Crippen LogP contribution in [0.3, 0.4) is 0 Å². The molecule has 0 unspecified atom stereocenters. The number of nitrogens with one attached hydrogen (secondary N) is 1. The van der Waals surface area contributed by atoms with Crippen molar-refractivity contribution >= 4 is 10.0 Å². The third kappa shape index (κ3) is 3.57. The summed E-state index contributed by atoms with van der Waals surface area (Å²) in [6, 6.07) is 12.1. The molecule has 2 aromatic rings. The van der Waals surface area contributed by atoms with E-state index in [1.807, 2.05) is 31.2 Å². The minimum Gasteiger partial charge on any atom is -0.492 e. The molecule has 122 valence electrons. The van der Waals surface area contributed by atoms with Gasteiger partial charge in [0.1, 0.15) is 12.4 Å². The number of sulfonamides is 1. The zero-order chi connectivity index (χ0) is 16.3. The molecule has 0 amide bonds. The van der Waals surface area contributed by atoms with Crippen LogP contribution in [-0.4, -0.2) is 28.4 Å². The van der Waals surface area contributed by atoms with Crippen LogP contribution in [0, 0.1) is 6.92 Å². The molecule has 0 bridgehead atoms. The lowest BCUT2D eigenvalue weighted by molar-refractivity contribution is 0.174. The molecule has 6 nitrogen and oxygen atoms in total. The third-order valence-corrected chi connectivity index (χ3v) is 4.86. The lowest BCUT2D eigenvalue weighted by atomic mass is 10.2. The minimum absolute atomic E-state index is 0.108.